The first-order valence-electron chi connectivity index (χ1n) is 20.9. The number of imide groups is 1. The van der Waals surface area contributed by atoms with Crippen LogP contribution in [0.3, 0.4) is 0 Å². The Balaban J connectivity index is 0.00000720. The third-order valence-electron chi connectivity index (χ3n) is 11.7. The number of aliphatic hydroxyl groups is 1. The van der Waals surface area contributed by atoms with E-state index < -0.39 is 110 Å². The van der Waals surface area contributed by atoms with Gasteiger partial charge in [0, 0.05) is 31.0 Å². The van der Waals surface area contributed by atoms with Gasteiger partial charge in [-0.3, -0.25) is 33.4 Å². The number of nitrogens with one attached hydrogen (secondary N) is 1. The number of carbonyl (C=O) groups excluding carboxylic acids is 3. The van der Waals surface area contributed by atoms with Crippen LogP contribution in [-0.4, -0.2) is 107 Å². The average molecular weight is 943 g/mol. The van der Waals surface area contributed by atoms with Crippen LogP contribution in [-0.2, 0) is 48.7 Å². The zero-order valence-electron chi connectivity index (χ0n) is 37.7. The van der Waals surface area contributed by atoms with Crippen molar-refractivity contribution in [1.82, 2.24) is 19.8 Å². The number of carbonyl (C=O) groups is 3. The molecule has 348 valence electrons. The minimum Gasteiger partial charge on any atom is -0.858 e. The van der Waals surface area contributed by atoms with E-state index in [0.29, 0.717) is 28.2 Å². The van der Waals surface area contributed by atoms with Crippen LogP contribution >= 0.6 is 7.82 Å². The summed E-state index contributed by atoms with van der Waals surface area (Å²) < 4.78 is 56.8. The van der Waals surface area contributed by atoms with Crippen molar-refractivity contribution in [3.8, 4) is 17.4 Å². The Hall–Kier alpha value is -4.50. The van der Waals surface area contributed by atoms with Crippen molar-refractivity contribution < 1.29 is 96.3 Å². The molecule has 3 fully saturated rings. The number of nitrogens with zero attached hydrogens (tertiary/aromatic N) is 3. The molecule has 0 spiro atoms. The minimum absolute atomic E-state index is 0. The molecule has 0 bridgehead atoms. The average Bonchev–Trinajstić information content (AvgIpc) is 3.83. The maximum Gasteiger partial charge on any atom is 1.00 e. The van der Waals surface area contributed by atoms with Gasteiger partial charge in [-0.2, -0.15) is 0 Å². The van der Waals surface area contributed by atoms with Gasteiger partial charge < -0.3 is 38.8 Å². The number of Topliss-reactive ketones (excluding diaryl/α,β-unsaturated/α-hetero) is 1. The number of phosphoric acid groups is 1. The number of hydrogen-bond donors (Lipinski definition) is 3. The van der Waals surface area contributed by atoms with Crippen LogP contribution in [0.25, 0.3) is 0 Å². The van der Waals surface area contributed by atoms with Gasteiger partial charge >= 0.3 is 49.1 Å². The number of aliphatic hydroxyl groups excluding tert-OH is 1. The Morgan fingerprint density at radius 3 is 2.08 bits per heavy atom. The van der Waals surface area contributed by atoms with Crippen molar-refractivity contribution in [3.05, 3.63) is 118 Å². The molecular formula is C45H52N4NaO15P. The Labute approximate surface area is 403 Å². The van der Waals surface area contributed by atoms with Crippen molar-refractivity contribution in [2.45, 2.75) is 82.5 Å². The molecule has 3 saturated heterocycles. The molecule has 0 aliphatic carbocycles. The fourth-order valence-electron chi connectivity index (χ4n) is 8.40. The molecule has 19 nitrogen and oxygen atoms in total. The van der Waals surface area contributed by atoms with E-state index in [1.165, 1.54) is 19.1 Å². The fraction of sp³-hybridized carbons (Fsp3) is 0.444. The summed E-state index contributed by atoms with van der Waals surface area (Å²) in [4.78, 5) is 69.0. The molecule has 3 aliphatic rings. The number of methoxy groups -OCH3 is 2. The third kappa shape index (κ3) is 10.5. The smallest absolute Gasteiger partial charge is 0.858 e. The van der Waals surface area contributed by atoms with Crippen molar-refractivity contribution in [3.63, 3.8) is 0 Å². The summed E-state index contributed by atoms with van der Waals surface area (Å²) in [6.07, 6.45) is -5.94. The maximum atomic E-state index is 14.7. The van der Waals surface area contributed by atoms with E-state index in [1.807, 2.05) is 54.6 Å². The van der Waals surface area contributed by atoms with Crippen LogP contribution < -0.4 is 55.1 Å². The molecular weight excluding hydrogens is 890 g/mol. The largest absolute Gasteiger partial charge is 1.00 e. The summed E-state index contributed by atoms with van der Waals surface area (Å²) in [7, 11) is -2.11. The van der Waals surface area contributed by atoms with Crippen LogP contribution in [0.5, 0.6) is 17.4 Å². The Bertz CT molecular complexity index is 2420. The normalized spacial score (nSPS) is 25.4. The van der Waals surface area contributed by atoms with Gasteiger partial charge in [0.05, 0.1) is 39.5 Å². The zero-order valence-corrected chi connectivity index (χ0v) is 40.5. The zero-order chi connectivity index (χ0) is 46.9. The fourth-order valence-corrected chi connectivity index (χ4v) is 9.35. The predicted octanol–water partition coefficient (Wildman–Crippen LogP) is 0.570. The maximum absolute atomic E-state index is 14.7. The van der Waals surface area contributed by atoms with E-state index in [4.69, 9.17) is 32.7 Å². The minimum atomic E-state index is -5.19. The predicted molar refractivity (Wildman–Crippen MR) is 227 cm³/mol. The van der Waals surface area contributed by atoms with E-state index in [2.05, 4.69) is 10.3 Å². The SMILES string of the molecule is COc1ccc(C(OC[C@H]2O[C@@](C(=O)C(C)(C)C)(n3ccc([O-])nc3=O)C[C@@H]2OP(=O)(O)OC[C@H]2O[C@@H](N3CC(C)C(=O)NC3=O)C[C@@H]2O)(c2ccccc2)c2ccc(OC)cc2)cc1.[Na+]. The number of hydrogen-bond acceptors (Lipinski definition) is 15. The van der Waals surface area contributed by atoms with Gasteiger partial charge in [0.2, 0.25) is 11.6 Å². The molecule has 4 aromatic rings. The van der Waals surface area contributed by atoms with Gasteiger partial charge in [-0.1, -0.05) is 82.3 Å². The van der Waals surface area contributed by atoms with E-state index in [0.717, 1.165) is 16.8 Å². The molecule has 0 radical (unpaired) electrons. The number of ketones is 1. The first-order valence-corrected chi connectivity index (χ1v) is 22.4. The van der Waals surface area contributed by atoms with Gasteiger partial charge in [0.25, 0.3) is 0 Å². The second-order valence-corrected chi connectivity index (χ2v) is 18.6. The number of benzene rings is 3. The van der Waals surface area contributed by atoms with E-state index in [9.17, 15) is 38.8 Å². The number of ether oxygens (including phenoxy) is 5. The van der Waals surface area contributed by atoms with E-state index in [-0.39, 0.29) is 42.5 Å². The van der Waals surface area contributed by atoms with Crippen LogP contribution in [0.2, 0.25) is 0 Å². The Morgan fingerprint density at radius 2 is 1.52 bits per heavy atom. The molecule has 7 rings (SSSR count). The summed E-state index contributed by atoms with van der Waals surface area (Å²) in [6.45, 7) is 5.30. The molecule has 3 aliphatic heterocycles. The standard InChI is InChI=1S/C45H53N4O15P.Na/c1-27-24-48(41(54)47-39(27)52)38-22-33(50)35(62-38)26-61-65(56,57)64-34-23-44(40(53)43(2,3)4,49-21-20-37(51)46-42(49)55)63-36(34)25-60-45(28-10-8-7-9-11-28,29-12-16-31(58-5)17-13-29)30-14-18-32(59-6)19-15-30;/h7-21,27,33-36,38,50H,22-26H2,1-6H3,(H,56,57)(H,46,51,55)(H,47,52,54);/q;+1/p-1/t27?,33-,34-,35+,36+,38+,44-;/m0./s1. The second-order valence-electron chi connectivity index (χ2n) is 17.1. The summed E-state index contributed by atoms with van der Waals surface area (Å²) in [6, 6.07) is 23.8. The summed E-state index contributed by atoms with van der Waals surface area (Å²) in [5.41, 5.74) is -4.12. The van der Waals surface area contributed by atoms with Gasteiger partial charge in [-0.05, 0) is 52.9 Å². The van der Waals surface area contributed by atoms with Crippen molar-refractivity contribution in [1.29, 1.82) is 0 Å². The molecule has 1 aromatic heterocycles. The monoisotopic (exact) mass is 942 g/mol. The molecule has 3 N–H and O–H groups in total. The number of rotatable bonds is 16. The molecule has 8 atom stereocenters. The van der Waals surface area contributed by atoms with Crippen LogP contribution in [0.1, 0.15) is 57.2 Å². The molecule has 66 heavy (non-hydrogen) atoms. The van der Waals surface area contributed by atoms with Crippen LogP contribution in [0.4, 0.5) is 4.79 Å². The molecule has 3 aromatic carbocycles. The van der Waals surface area contributed by atoms with Gasteiger partial charge in [-0.15, -0.1) is 0 Å². The van der Waals surface area contributed by atoms with Crippen LogP contribution in [0.15, 0.2) is 95.9 Å². The summed E-state index contributed by atoms with van der Waals surface area (Å²) in [5, 5.41) is 25.4. The third-order valence-corrected chi connectivity index (χ3v) is 12.7. The number of urea groups is 1. The number of phosphoric ester groups is 1. The molecule has 3 amide bonds. The molecule has 0 saturated carbocycles. The summed E-state index contributed by atoms with van der Waals surface area (Å²) >= 11 is 0. The van der Waals surface area contributed by atoms with Crippen molar-refractivity contribution in [2.24, 2.45) is 11.3 Å². The molecule has 21 heteroatoms. The summed E-state index contributed by atoms with van der Waals surface area (Å²) in [5.74, 6) is -1.38. The van der Waals surface area contributed by atoms with E-state index >= 15 is 0 Å². The molecule has 2 unspecified atom stereocenters. The van der Waals surface area contributed by atoms with Crippen molar-refractivity contribution >= 4 is 25.5 Å². The topological polar surface area (TPSA) is 247 Å². The number of amides is 3. The Morgan fingerprint density at radius 1 is 0.924 bits per heavy atom. The van der Waals surface area contributed by atoms with Crippen LogP contribution in [0, 0.1) is 11.3 Å². The van der Waals surface area contributed by atoms with Gasteiger partial charge in [0.15, 0.2) is 5.78 Å². The van der Waals surface area contributed by atoms with Gasteiger partial charge in [0.1, 0.15) is 41.6 Å². The first kappa shape index (κ1) is 50.9. The number of aromatic nitrogens is 2. The van der Waals surface area contributed by atoms with E-state index in [1.54, 1.807) is 52.0 Å². The Kier molecular flexibility index (Phi) is 15.7. The van der Waals surface area contributed by atoms with Gasteiger partial charge in [-0.25, -0.2) is 19.1 Å². The quantitative estimate of drug-likeness (QED) is 0.0790. The van der Waals surface area contributed by atoms with Crippen molar-refractivity contribution in [2.75, 3.05) is 34.0 Å². The first-order chi connectivity index (χ1) is 30.8. The second kappa shape index (κ2) is 20.4. The molecule has 4 heterocycles.